The summed E-state index contributed by atoms with van der Waals surface area (Å²) in [6, 6.07) is 6.07. The summed E-state index contributed by atoms with van der Waals surface area (Å²) in [5.74, 6) is 0.481. The first-order valence-corrected chi connectivity index (χ1v) is 7.09. The summed E-state index contributed by atoms with van der Waals surface area (Å²) in [4.78, 5) is 10.9. The van der Waals surface area contributed by atoms with Gasteiger partial charge in [0.25, 0.3) is 0 Å². The average Bonchev–Trinajstić information content (AvgIpc) is 2.38. The molecule has 0 aliphatic carbocycles. The molecule has 0 aromatic heterocycles. The number of carboxylic acid groups (broad SMARTS) is 1. The fourth-order valence-corrected chi connectivity index (χ4v) is 2.30. The highest BCUT2D eigenvalue weighted by Gasteiger charge is 2.16. The molecular weight excluding hydrogens is 254 g/mol. The standard InChI is InChI=1S/C16H25NO3/c1-5-17-14(10-16(18)19)9-13-8-12(11(2)3)6-7-15(13)20-4/h6-8,11,14,17H,5,9-10H2,1-4H3,(H,18,19). The van der Waals surface area contributed by atoms with Crippen molar-refractivity contribution in [1.82, 2.24) is 5.32 Å². The Morgan fingerprint density at radius 1 is 1.40 bits per heavy atom. The minimum Gasteiger partial charge on any atom is -0.496 e. The molecule has 0 amide bonds. The molecule has 2 N–H and O–H groups in total. The molecule has 0 bridgehead atoms. The monoisotopic (exact) mass is 279 g/mol. The molecule has 0 saturated carbocycles. The van der Waals surface area contributed by atoms with Gasteiger partial charge in [0.05, 0.1) is 13.5 Å². The molecule has 1 aromatic rings. The van der Waals surface area contributed by atoms with Crippen LogP contribution in [0.25, 0.3) is 0 Å². The van der Waals surface area contributed by atoms with E-state index in [2.05, 4.69) is 31.3 Å². The minimum absolute atomic E-state index is 0.0752. The molecule has 4 heteroatoms. The third-order valence-corrected chi connectivity index (χ3v) is 3.35. The summed E-state index contributed by atoms with van der Waals surface area (Å²) < 4.78 is 5.39. The van der Waals surface area contributed by atoms with Crippen molar-refractivity contribution in [2.45, 2.75) is 45.6 Å². The predicted molar refractivity (Wildman–Crippen MR) is 80.5 cm³/mol. The van der Waals surface area contributed by atoms with E-state index in [0.717, 1.165) is 17.9 Å². The van der Waals surface area contributed by atoms with Crippen LogP contribution in [0.4, 0.5) is 0 Å². The fraction of sp³-hybridized carbons (Fsp3) is 0.562. The second kappa shape index (κ2) is 7.90. The molecule has 1 atom stereocenters. The van der Waals surface area contributed by atoms with Crippen LogP contribution < -0.4 is 10.1 Å². The summed E-state index contributed by atoms with van der Waals surface area (Å²) >= 11 is 0. The molecular formula is C16H25NO3. The van der Waals surface area contributed by atoms with Gasteiger partial charge in [-0.15, -0.1) is 0 Å². The maximum absolute atomic E-state index is 10.9. The second-order valence-electron chi connectivity index (χ2n) is 5.28. The van der Waals surface area contributed by atoms with Gasteiger partial charge >= 0.3 is 5.97 Å². The molecule has 0 saturated heterocycles. The number of carbonyl (C=O) groups is 1. The number of hydrogen-bond acceptors (Lipinski definition) is 3. The van der Waals surface area contributed by atoms with Crippen LogP contribution in [-0.2, 0) is 11.2 Å². The van der Waals surface area contributed by atoms with Crippen molar-refractivity contribution in [3.8, 4) is 5.75 Å². The van der Waals surface area contributed by atoms with Crippen molar-refractivity contribution in [3.05, 3.63) is 29.3 Å². The van der Waals surface area contributed by atoms with Crippen molar-refractivity contribution < 1.29 is 14.6 Å². The number of benzene rings is 1. The maximum atomic E-state index is 10.9. The topological polar surface area (TPSA) is 58.6 Å². The van der Waals surface area contributed by atoms with Crippen molar-refractivity contribution in [1.29, 1.82) is 0 Å². The van der Waals surface area contributed by atoms with Gasteiger partial charge in [-0.05, 0) is 36.1 Å². The van der Waals surface area contributed by atoms with Gasteiger partial charge in [-0.25, -0.2) is 0 Å². The quantitative estimate of drug-likeness (QED) is 0.768. The molecule has 4 nitrogen and oxygen atoms in total. The Bertz CT molecular complexity index is 443. The lowest BCUT2D eigenvalue weighted by atomic mass is 9.96. The van der Waals surface area contributed by atoms with E-state index in [9.17, 15) is 4.79 Å². The van der Waals surface area contributed by atoms with Crippen molar-refractivity contribution >= 4 is 5.97 Å². The van der Waals surface area contributed by atoms with Gasteiger partial charge in [-0.1, -0.05) is 32.9 Å². The molecule has 0 heterocycles. The zero-order chi connectivity index (χ0) is 15.1. The number of carboxylic acids is 1. The zero-order valence-electron chi connectivity index (χ0n) is 12.8. The lowest BCUT2D eigenvalue weighted by Gasteiger charge is -2.19. The maximum Gasteiger partial charge on any atom is 0.304 e. The Morgan fingerprint density at radius 3 is 2.60 bits per heavy atom. The minimum atomic E-state index is -0.782. The second-order valence-corrected chi connectivity index (χ2v) is 5.28. The van der Waals surface area contributed by atoms with Gasteiger partial charge in [0, 0.05) is 6.04 Å². The van der Waals surface area contributed by atoms with Crippen molar-refractivity contribution in [2.24, 2.45) is 0 Å². The molecule has 1 unspecified atom stereocenters. The van der Waals surface area contributed by atoms with Crippen LogP contribution in [0.5, 0.6) is 5.75 Å². The Kier molecular flexibility index (Phi) is 6.52. The smallest absolute Gasteiger partial charge is 0.304 e. The van der Waals surface area contributed by atoms with E-state index in [1.807, 2.05) is 13.0 Å². The van der Waals surface area contributed by atoms with Crippen LogP contribution in [-0.4, -0.2) is 30.8 Å². The summed E-state index contributed by atoms with van der Waals surface area (Å²) in [5.41, 5.74) is 2.30. The average molecular weight is 279 g/mol. The first kappa shape index (κ1) is 16.5. The van der Waals surface area contributed by atoms with Crippen LogP contribution in [0, 0.1) is 0 Å². The lowest BCUT2D eigenvalue weighted by molar-refractivity contribution is -0.137. The summed E-state index contributed by atoms with van der Waals surface area (Å²) in [5, 5.41) is 12.2. The van der Waals surface area contributed by atoms with E-state index in [-0.39, 0.29) is 12.5 Å². The Labute approximate surface area is 121 Å². The molecule has 0 fully saturated rings. The van der Waals surface area contributed by atoms with Crippen LogP contribution >= 0.6 is 0 Å². The van der Waals surface area contributed by atoms with E-state index >= 15 is 0 Å². The van der Waals surface area contributed by atoms with Crippen LogP contribution in [0.2, 0.25) is 0 Å². The largest absolute Gasteiger partial charge is 0.496 e. The highest BCUT2D eigenvalue weighted by molar-refractivity contribution is 5.67. The summed E-state index contributed by atoms with van der Waals surface area (Å²) in [7, 11) is 1.65. The Hall–Kier alpha value is -1.55. The number of aliphatic carboxylic acids is 1. The molecule has 0 aliphatic heterocycles. The fourth-order valence-electron chi connectivity index (χ4n) is 2.30. The predicted octanol–water partition coefficient (Wildman–Crippen LogP) is 2.81. The Balaban J connectivity index is 2.96. The molecule has 20 heavy (non-hydrogen) atoms. The zero-order valence-corrected chi connectivity index (χ0v) is 12.8. The Morgan fingerprint density at radius 2 is 2.10 bits per heavy atom. The van der Waals surface area contributed by atoms with Crippen molar-refractivity contribution in [3.63, 3.8) is 0 Å². The van der Waals surface area contributed by atoms with Gasteiger partial charge in [0.1, 0.15) is 5.75 Å². The number of rotatable bonds is 8. The number of likely N-dealkylation sites (N-methyl/N-ethyl adjacent to an activating group) is 1. The van der Waals surface area contributed by atoms with E-state index in [0.29, 0.717) is 12.3 Å². The first-order valence-electron chi connectivity index (χ1n) is 7.09. The van der Waals surface area contributed by atoms with Gasteiger partial charge < -0.3 is 15.2 Å². The number of hydrogen-bond donors (Lipinski definition) is 2. The van der Waals surface area contributed by atoms with Gasteiger partial charge in [-0.3, -0.25) is 4.79 Å². The van der Waals surface area contributed by atoms with Gasteiger partial charge in [0.2, 0.25) is 0 Å². The van der Waals surface area contributed by atoms with Crippen LogP contribution in [0.15, 0.2) is 18.2 Å². The molecule has 0 radical (unpaired) electrons. The normalized spacial score (nSPS) is 12.4. The van der Waals surface area contributed by atoms with E-state index in [1.54, 1.807) is 7.11 Å². The SMILES string of the molecule is CCNC(CC(=O)O)Cc1cc(C(C)C)ccc1OC. The van der Waals surface area contributed by atoms with Crippen LogP contribution in [0.3, 0.4) is 0 Å². The third kappa shape index (κ3) is 4.85. The molecule has 0 aliphatic rings. The van der Waals surface area contributed by atoms with Crippen molar-refractivity contribution in [2.75, 3.05) is 13.7 Å². The van der Waals surface area contributed by atoms with E-state index in [4.69, 9.17) is 9.84 Å². The van der Waals surface area contributed by atoms with Gasteiger partial charge in [-0.2, -0.15) is 0 Å². The molecule has 0 spiro atoms. The number of nitrogens with one attached hydrogen (secondary N) is 1. The van der Waals surface area contributed by atoms with Gasteiger partial charge in [0.15, 0.2) is 0 Å². The molecule has 112 valence electrons. The lowest BCUT2D eigenvalue weighted by Crippen LogP contribution is -2.33. The van der Waals surface area contributed by atoms with E-state index < -0.39 is 5.97 Å². The summed E-state index contributed by atoms with van der Waals surface area (Å²) in [6.45, 7) is 7.02. The highest BCUT2D eigenvalue weighted by atomic mass is 16.5. The third-order valence-electron chi connectivity index (χ3n) is 3.35. The summed E-state index contributed by atoms with van der Waals surface area (Å²) in [6.07, 6.45) is 0.771. The highest BCUT2D eigenvalue weighted by Crippen LogP contribution is 2.25. The first-order chi connectivity index (χ1) is 9.47. The molecule has 1 rings (SSSR count). The van der Waals surface area contributed by atoms with Crippen LogP contribution in [0.1, 0.15) is 44.2 Å². The number of methoxy groups -OCH3 is 1. The molecule has 1 aromatic carbocycles. The van der Waals surface area contributed by atoms with E-state index in [1.165, 1.54) is 5.56 Å². The number of ether oxygens (including phenoxy) is 1.